The number of anilines is 1. The number of carbonyl (C=O) groups is 2. The Hall–Kier alpha value is -4.09. The highest BCUT2D eigenvalue weighted by molar-refractivity contribution is 7.13. The quantitative estimate of drug-likeness (QED) is 0.295. The van der Waals surface area contributed by atoms with Crippen LogP contribution in [-0.2, 0) is 0 Å². The first-order valence-electron chi connectivity index (χ1n) is 12.2. The number of aromatic amines is 1. The van der Waals surface area contributed by atoms with Gasteiger partial charge in [0.1, 0.15) is 17.1 Å². The van der Waals surface area contributed by atoms with Crippen molar-refractivity contribution >= 4 is 51.2 Å². The Morgan fingerprint density at radius 1 is 1.05 bits per heavy atom. The summed E-state index contributed by atoms with van der Waals surface area (Å²) in [5.41, 5.74) is 2.34. The summed E-state index contributed by atoms with van der Waals surface area (Å²) in [6.45, 7) is 1.19. The number of benzene rings is 1. The number of H-pyrrole nitrogens is 1. The highest BCUT2D eigenvalue weighted by Gasteiger charge is 2.28. The Morgan fingerprint density at radius 2 is 1.89 bits per heavy atom. The van der Waals surface area contributed by atoms with Crippen LogP contribution in [0.5, 0.6) is 5.75 Å². The molecule has 0 radical (unpaired) electrons. The van der Waals surface area contributed by atoms with E-state index in [4.69, 9.17) is 4.74 Å². The fourth-order valence-corrected chi connectivity index (χ4v) is 6.28. The van der Waals surface area contributed by atoms with Gasteiger partial charge in [-0.05, 0) is 36.4 Å². The highest BCUT2D eigenvalue weighted by atomic mass is 32.1. The topological polar surface area (TPSA) is 113 Å². The van der Waals surface area contributed by atoms with Gasteiger partial charge in [-0.25, -0.2) is 9.97 Å². The van der Waals surface area contributed by atoms with Gasteiger partial charge in [-0.15, -0.1) is 22.7 Å². The predicted molar refractivity (Wildman–Crippen MR) is 148 cm³/mol. The average Bonchev–Trinajstić information content (AvgIpc) is 3.74. The van der Waals surface area contributed by atoms with Gasteiger partial charge in [-0.1, -0.05) is 18.2 Å². The molecule has 1 saturated heterocycles. The number of pyridine rings is 1. The molecule has 1 aliphatic heterocycles. The fraction of sp³-hybridized carbons (Fsp3) is 0.222. The lowest BCUT2D eigenvalue weighted by Crippen LogP contribution is -2.38. The SMILES string of the molecule is COc1cc(C(=O)N2CCC(c3nc(C(=O)Nc4cc(-c5cccs5)[nH]n4)cs3)CC2)nc2ccccc12. The molecule has 192 valence electrons. The lowest BCUT2D eigenvalue weighted by atomic mass is 9.97. The maximum Gasteiger partial charge on any atom is 0.276 e. The fourth-order valence-electron chi connectivity index (χ4n) is 4.62. The number of aromatic nitrogens is 4. The van der Waals surface area contributed by atoms with Crippen LogP contribution in [0.15, 0.2) is 59.3 Å². The second-order valence-corrected chi connectivity index (χ2v) is 10.8. The number of likely N-dealkylation sites (tertiary alicyclic amines) is 1. The molecule has 38 heavy (non-hydrogen) atoms. The average molecular weight is 545 g/mol. The summed E-state index contributed by atoms with van der Waals surface area (Å²) in [6, 6.07) is 15.1. The normalized spacial score (nSPS) is 14.1. The van der Waals surface area contributed by atoms with Gasteiger partial charge in [0.05, 0.1) is 28.2 Å². The molecule has 0 unspecified atom stereocenters. The number of ether oxygens (including phenoxy) is 1. The Kier molecular flexibility index (Phi) is 6.61. The summed E-state index contributed by atoms with van der Waals surface area (Å²) < 4.78 is 5.50. The minimum absolute atomic E-state index is 0.104. The number of hydrogen-bond acceptors (Lipinski definition) is 8. The largest absolute Gasteiger partial charge is 0.496 e. The van der Waals surface area contributed by atoms with E-state index in [1.165, 1.54) is 11.3 Å². The highest BCUT2D eigenvalue weighted by Crippen LogP contribution is 2.32. The van der Waals surface area contributed by atoms with E-state index in [9.17, 15) is 9.59 Å². The zero-order chi connectivity index (χ0) is 26.1. The second kappa shape index (κ2) is 10.3. The van der Waals surface area contributed by atoms with E-state index in [1.807, 2.05) is 52.7 Å². The number of thiophene rings is 1. The van der Waals surface area contributed by atoms with Crippen molar-refractivity contribution in [3.8, 4) is 16.3 Å². The van der Waals surface area contributed by atoms with E-state index in [0.717, 1.165) is 39.3 Å². The van der Waals surface area contributed by atoms with Gasteiger partial charge in [-0.2, -0.15) is 5.10 Å². The zero-order valence-electron chi connectivity index (χ0n) is 20.5. The first-order chi connectivity index (χ1) is 18.6. The van der Waals surface area contributed by atoms with Crippen LogP contribution in [0, 0.1) is 0 Å². The van der Waals surface area contributed by atoms with Crippen LogP contribution in [0.3, 0.4) is 0 Å². The van der Waals surface area contributed by atoms with Crippen LogP contribution in [0.25, 0.3) is 21.5 Å². The number of fused-ring (bicyclic) bond motifs is 1. The number of carbonyl (C=O) groups excluding carboxylic acids is 2. The second-order valence-electron chi connectivity index (χ2n) is 8.96. The van der Waals surface area contributed by atoms with Crippen molar-refractivity contribution < 1.29 is 14.3 Å². The maximum absolute atomic E-state index is 13.2. The number of rotatable bonds is 6. The number of nitrogens with zero attached hydrogens (tertiary/aromatic N) is 4. The minimum Gasteiger partial charge on any atom is -0.496 e. The number of methoxy groups -OCH3 is 1. The third-order valence-corrected chi connectivity index (χ3v) is 8.52. The van der Waals surface area contributed by atoms with Crippen molar-refractivity contribution in [1.82, 2.24) is 25.1 Å². The van der Waals surface area contributed by atoms with Crippen LogP contribution in [0.4, 0.5) is 5.82 Å². The lowest BCUT2D eigenvalue weighted by molar-refractivity contribution is 0.0707. The van der Waals surface area contributed by atoms with E-state index in [2.05, 4.69) is 25.5 Å². The number of para-hydroxylation sites is 1. The molecule has 1 fully saturated rings. The van der Waals surface area contributed by atoms with Crippen LogP contribution >= 0.6 is 22.7 Å². The smallest absolute Gasteiger partial charge is 0.276 e. The molecule has 0 aliphatic carbocycles. The van der Waals surface area contributed by atoms with Crippen LogP contribution in [0.2, 0.25) is 0 Å². The Balaban J connectivity index is 1.08. The number of hydrogen-bond donors (Lipinski definition) is 2. The molecule has 0 atom stereocenters. The predicted octanol–water partition coefficient (Wildman–Crippen LogP) is 5.42. The molecule has 1 aliphatic rings. The van der Waals surface area contributed by atoms with E-state index >= 15 is 0 Å². The van der Waals surface area contributed by atoms with Gasteiger partial charge in [0.15, 0.2) is 5.82 Å². The first-order valence-corrected chi connectivity index (χ1v) is 13.9. The Labute approximate surface area is 226 Å². The van der Waals surface area contributed by atoms with Gasteiger partial charge >= 0.3 is 0 Å². The van der Waals surface area contributed by atoms with E-state index in [0.29, 0.717) is 36.0 Å². The molecule has 11 heteroatoms. The van der Waals surface area contributed by atoms with Crippen molar-refractivity contribution in [2.45, 2.75) is 18.8 Å². The summed E-state index contributed by atoms with van der Waals surface area (Å²) in [5, 5.41) is 15.5. The van der Waals surface area contributed by atoms with Crippen LogP contribution in [0.1, 0.15) is 44.7 Å². The summed E-state index contributed by atoms with van der Waals surface area (Å²) in [6.07, 6.45) is 1.54. The monoisotopic (exact) mass is 544 g/mol. The molecule has 0 saturated carbocycles. The lowest BCUT2D eigenvalue weighted by Gasteiger charge is -2.31. The molecule has 4 aromatic heterocycles. The van der Waals surface area contributed by atoms with Crippen molar-refractivity contribution in [2.24, 2.45) is 0 Å². The molecular formula is C27H24N6O3S2. The van der Waals surface area contributed by atoms with Crippen molar-refractivity contribution in [3.05, 3.63) is 75.7 Å². The van der Waals surface area contributed by atoms with Gasteiger partial charge in [0.25, 0.3) is 11.8 Å². The van der Waals surface area contributed by atoms with Crippen LogP contribution in [-0.4, -0.2) is 57.1 Å². The number of amides is 2. The zero-order valence-corrected chi connectivity index (χ0v) is 22.1. The molecule has 5 heterocycles. The van der Waals surface area contributed by atoms with E-state index in [1.54, 1.807) is 29.9 Å². The van der Waals surface area contributed by atoms with Crippen LogP contribution < -0.4 is 10.1 Å². The molecule has 9 nitrogen and oxygen atoms in total. The summed E-state index contributed by atoms with van der Waals surface area (Å²) in [4.78, 5) is 38.1. The van der Waals surface area contributed by atoms with Gasteiger partial charge in [-0.3, -0.25) is 14.7 Å². The molecular weight excluding hydrogens is 520 g/mol. The van der Waals surface area contributed by atoms with Gasteiger partial charge < -0.3 is 15.0 Å². The summed E-state index contributed by atoms with van der Waals surface area (Å²) in [5.74, 6) is 0.896. The molecule has 1 aromatic carbocycles. The molecule has 2 N–H and O–H groups in total. The van der Waals surface area contributed by atoms with E-state index < -0.39 is 0 Å². The van der Waals surface area contributed by atoms with E-state index in [-0.39, 0.29) is 17.7 Å². The standard InChI is InChI=1S/C27H24N6O3S2/c1-36-22-13-20(28-18-6-3-2-5-17(18)22)27(35)33-10-8-16(9-11-33)26-29-21(15-38-26)25(34)30-24-14-19(31-32-24)23-7-4-12-37-23/h2-7,12-16H,8-11H2,1H3,(H2,30,31,32,34). The van der Waals surface area contributed by atoms with Gasteiger partial charge in [0.2, 0.25) is 0 Å². The van der Waals surface area contributed by atoms with Crippen molar-refractivity contribution in [2.75, 3.05) is 25.5 Å². The first kappa shape index (κ1) is 24.3. The third-order valence-electron chi connectivity index (χ3n) is 6.61. The molecule has 2 amide bonds. The number of thiazole rings is 1. The molecule has 0 bridgehead atoms. The third kappa shape index (κ3) is 4.77. The number of nitrogens with one attached hydrogen (secondary N) is 2. The Morgan fingerprint density at radius 3 is 2.68 bits per heavy atom. The molecule has 5 aromatic rings. The number of piperidine rings is 1. The van der Waals surface area contributed by atoms with Crippen molar-refractivity contribution in [3.63, 3.8) is 0 Å². The maximum atomic E-state index is 13.2. The minimum atomic E-state index is -0.291. The molecule has 6 rings (SSSR count). The van der Waals surface area contributed by atoms with Gasteiger partial charge in [0, 0.05) is 41.9 Å². The Bertz CT molecular complexity index is 1600. The molecule has 0 spiro atoms. The summed E-state index contributed by atoms with van der Waals surface area (Å²) in [7, 11) is 1.60. The summed E-state index contributed by atoms with van der Waals surface area (Å²) >= 11 is 3.08. The van der Waals surface area contributed by atoms with Crippen molar-refractivity contribution in [1.29, 1.82) is 0 Å².